The van der Waals surface area contributed by atoms with E-state index in [1.807, 2.05) is 0 Å². The molecule has 1 aliphatic rings. The van der Waals surface area contributed by atoms with E-state index in [0.29, 0.717) is 10.7 Å². The second-order valence-corrected chi connectivity index (χ2v) is 8.94. The Kier molecular flexibility index (Phi) is 5.83. The van der Waals surface area contributed by atoms with Crippen molar-refractivity contribution in [2.24, 2.45) is 0 Å². The van der Waals surface area contributed by atoms with Gasteiger partial charge in [0.15, 0.2) is 0 Å². The summed E-state index contributed by atoms with van der Waals surface area (Å²) in [5.74, 6) is -1.43. The molecule has 32 heavy (non-hydrogen) atoms. The highest BCUT2D eigenvalue weighted by molar-refractivity contribution is 7.92. The molecule has 0 radical (unpaired) electrons. The molecule has 0 spiro atoms. The molecule has 9 nitrogen and oxygen atoms in total. The first-order valence-corrected chi connectivity index (χ1v) is 11.2. The number of carbonyl (C=O) groups excluding carboxylic acids is 2. The lowest BCUT2D eigenvalue weighted by atomic mass is 10.3. The highest BCUT2D eigenvalue weighted by Crippen LogP contribution is 2.31. The zero-order valence-electron chi connectivity index (χ0n) is 16.0. The predicted molar refractivity (Wildman–Crippen MR) is 120 cm³/mol. The minimum absolute atomic E-state index is 0.0510. The summed E-state index contributed by atoms with van der Waals surface area (Å²) in [6.07, 6.45) is 2.81. The van der Waals surface area contributed by atoms with Crippen molar-refractivity contribution in [3.05, 3.63) is 82.7 Å². The fourth-order valence-corrected chi connectivity index (χ4v) is 4.21. The quantitative estimate of drug-likeness (QED) is 0.509. The van der Waals surface area contributed by atoms with Crippen molar-refractivity contribution < 1.29 is 18.0 Å². The van der Waals surface area contributed by atoms with Crippen LogP contribution >= 0.6 is 23.2 Å². The Hall–Kier alpha value is -3.47. The lowest BCUT2D eigenvalue weighted by molar-refractivity contribution is -0.120. The molecule has 0 bridgehead atoms. The molecule has 2 N–H and O–H groups in total. The molecule has 162 valence electrons. The molecule has 2 amide bonds. The van der Waals surface area contributed by atoms with Gasteiger partial charge in [-0.25, -0.2) is 28.0 Å². The number of nitrogens with one attached hydrogen (secondary N) is 2. The number of amides is 2. The number of hydrogen-bond acceptors (Lipinski definition) is 7. The van der Waals surface area contributed by atoms with Crippen molar-refractivity contribution in [3.63, 3.8) is 0 Å². The molecule has 2 heterocycles. The zero-order chi connectivity index (χ0) is 22.9. The minimum atomic E-state index is -3.92. The van der Waals surface area contributed by atoms with E-state index in [2.05, 4.69) is 20.0 Å². The van der Waals surface area contributed by atoms with Crippen LogP contribution in [0.5, 0.6) is 0 Å². The van der Waals surface area contributed by atoms with Gasteiger partial charge in [-0.2, -0.15) is 0 Å². The van der Waals surface area contributed by atoms with Crippen LogP contribution in [0.25, 0.3) is 0 Å². The molecule has 0 atom stereocenters. The molecule has 0 fully saturated rings. The van der Waals surface area contributed by atoms with Crippen LogP contribution in [0.3, 0.4) is 0 Å². The van der Waals surface area contributed by atoms with E-state index in [1.165, 1.54) is 42.7 Å². The highest BCUT2D eigenvalue weighted by Gasteiger charge is 2.39. The van der Waals surface area contributed by atoms with E-state index in [-0.39, 0.29) is 27.3 Å². The molecule has 0 unspecified atom stereocenters. The summed E-state index contributed by atoms with van der Waals surface area (Å²) in [6.45, 7) is 0. The number of anilines is 3. The Labute approximate surface area is 192 Å². The van der Waals surface area contributed by atoms with E-state index >= 15 is 0 Å². The van der Waals surface area contributed by atoms with Gasteiger partial charge in [0.2, 0.25) is 5.95 Å². The molecule has 0 aliphatic carbocycles. The maximum atomic E-state index is 12.8. The lowest BCUT2D eigenvalue weighted by Crippen LogP contribution is -2.32. The molecular weight excluding hydrogens is 477 g/mol. The number of nitrogens with zero attached hydrogens (tertiary/aromatic N) is 3. The summed E-state index contributed by atoms with van der Waals surface area (Å²) in [5, 5.41) is 2.83. The first kappa shape index (κ1) is 21.8. The molecule has 1 aliphatic heterocycles. The molecule has 12 heteroatoms. The van der Waals surface area contributed by atoms with E-state index in [0.717, 1.165) is 4.90 Å². The first-order valence-electron chi connectivity index (χ1n) is 8.97. The third-order valence-electron chi connectivity index (χ3n) is 4.32. The van der Waals surface area contributed by atoms with Crippen molar-refractivity contribution in [1.82, 2.24) is 9.97 Å². The second kappa shape index (κ2) is 8.58. The Balaban J connectivity index is 1.53. The van der Waals surface area contributed by atoms with Gasteiger partial charge in [-0.3, -0.25) is 9.59 Å². The lowest BCUT2D eigenvalue weighted by Gasteiger charge is -2.15. The normalized spacial score (nSPS) is 14.1. The number of benzene rings is 2. The van der Waals surface area contributed by atoms with Gasteiger partial charge in [0.25, 0.3) is 21.8 Å². The van der Waals surface area contributed by atoms with Gasteiger partial charge >= 0.3 is 0 Å². The fraction of sp³-hybridized carbons (Fsp3) is 0. The molecule has 0 saturated carbocycles. The average molecular weight is 490 g/mol. The number of imide groups is 1. The van der Waals surface area contributed by atoms with Crippen molar-refractivity contribution in [2.75, 3.05) is 14.9 Å². The summed E-state index contributed by atoms with van der Waals surface area (Å²) >= 11 is 12.1. The summed E-state index contributed by atoms with van der Waals surface area (Å²) in [7, 11) is -3.92. The number of halogens is 2. The fourth-order valence-electron chi connectivity index (χ4n) is 2.85. The topological polar surface area (TPSA) is 121 Å². The third kappa shape index (κ3) is 4.28. The maximum Gasteiger partial charge on any atom is 0.283 e. The van der Waals surface area contributed by atoms with Crippen LogP contribution in [0.2, 0.25) is 5.02 Å². The zero-order valence-corrected chi connectivity index (χ0v) is 18.3. The summed E-state index contributed by atoms with van der Waals surface area (Å²) < 4.78 is 27.2. The molecule has 0 saturated heterocycles. The number of hydrogen-bond donors (Lipinski definition) is 2. The number of aromatic nitrogens is 2. The van der Waals surface area contributed by atoms with Crippen LogP contribution in [-0.2, 0) is 19.6 Å². The second-order valence-electron chi connectivity index (χ2n) is 6.44. The van der Waals surface area contributed by atoms with Gasteiger partial charge in [0.05, 0.1) is 10.6 Å². The number of carbonyl (C=O) groups is 2. The summed E-state index contributed by atoms with van der Waals surface area (Å²) in [6, 6.07) is 13.3. The van der Waals surface area contributed by atoms with Gasteiger partial charge in [-0.1, -0.05) is 29.3 Å². The standard InChI is InChI=1S/C20H13Cl2N5O4S/c21-12-3-1-4-14(11-12)27-18(28)16(22)17(19(27)29)25-13-5-7-15(8-6-13)32(30,31)26-20-23-9-2-10-24-20/h1-11,25H,(H,23,24,26). The SMILES string of the molecule is O=C1C(Cl)=C(Nc2ccc(S(=O)(=O)Nc3ncccn3)cc2)C(=O)N1c1cccc(Cl)c1. The number of sulfonamides is 1. The highest BCUT2D eigenvalue weighted by atomic mass is 35.5. The van der Waals surface area contributed by atoms with E-state index < -0.39 is 21.8 Å². The Morgan fingerprint density at radius 2 is 1.56 bits per heavy atom. The molecule has 4 rings (SSSR count). The van der Waals surface area contributed by atoms with Crippen molar-refractivity contribution in [3.8, 4) is 0 Å². The van der Waals surface area contributed by atoms with E-state index in [1.54, 1.807) is 24.3 Å². The minimum Gasteiger partial charge on any atom is -0.350 e. The van der Waals surface area contributed by atoms with Crippen LogP contribution in [0.15, 0.2) is 82.6 Å². The first-order chi connectivity index (χ1) is 15.3. The monoisotopic (exact) mass is 489 g/mol. The van der Waals surface area contributed by atoms with Gasteiger partial charge in [0, 0.05) is 23.1 Å². The van der Waals surface area contributed by atoms with Crippen LogP contribution in [0, 0.1) is 0 Å². The predicted octanol–water partition coefficient (Wildman–Crippen LogP) is 3.37. The largest absolute Gasteiger partial charge is 0.350 e. The van der Waals surface area contributed by atoms with Gasteiger partial charge in [-0.15, -0.1) is 0 Å². The van der Waals surface area contributed by atoms with Crippen molar-refractivity contribution in [2.45, 2.75) is 4.90 Å². The van der Waals surface area contributed by atoms with Crippen molar-refractivity contribution in [1.29, 1.82) is 0 Å². The molecule has 1 aromatic heterocycles. The molecule has 3 aromatic rings. The van der Waals surface area contributed by atoms with Crippen LogP contribution in [0.4, 0.5) is 17.3 Å². The van der Waals surface area contributed by atoms with E-state index in [4.69, 9.17) is 23.2 Å². The average Bonchev–Trinajstić information content (AvgIpc) is 2.98. The molecular formula is C20H13Cl2N5O4S. The van der Waals surface area contributed by atoms with Gasteiger partial charge in [0.1, 0.15) is 10.7 Å². The Bertz CT molecular complexity index is 1350. The van der Waals surface area contributed by atoms with Crippen LogP contribution in [0.1, 0.15) is 0 Å². The Morgan fingerprint density at radius 3 is 2.22 bits per heavy atom. The van der Waals surface area contributed by atoms with Crippen LogP contribution in [-0.4, -0.2) is 30.2 Å². The molecule has 2 aromatic carbocycles. The van der Waals surface area contributed by atoms with Crippen molar-refractivity contribution >= 4 is 62.4 Å². The van der Waals surface area contributed by atoms with Crippen LogP contribution < -0.4 is 14.9 Å². The van der Waals surface area contributed by atoms with Gasteiger partial charge in [-0.05, 0) is 48.5 Å². The van der Waals surface area contributed by atoms with E-state index in [9.17, 15) is 18.0 Å². The van der Waals surface area contributed by atoms with Gasteiger partial charge < -0.3 is 5.32 Å². The third-order valence-corrected chi connectivity index (χ3v) is 6.25. The smallest absolute Gasteiger partial charge is 0.283 e. The maximum absolute atomic E-state index is 12.8. The Morgan fingerprint density at radius 1 is 0.875 bits per heavy atom. The summed E-state index contributed by atoms with van der Waals surface area (Å²) in [4.78, 5) is 33.8. The summed E-state index contributed by atoms with van der Waals surface area (Å²) in [5.41, 5.74) is 0.489. The number of rotatable bonds is 6.